The van der Waals surface area contributed by atoms with E-state index >= 15 is 0 Å². The zero-order chi connectivity index (χ0) is 16.6. The second kappa shape index (κ2) is 6.16. The zero-order valence-electron chi connectivity index (χ0n) is 14.7. The zero-order valence-corrected chi connectivity index (χ0v) is 14.7. The number of carbonyl (C=O) groups is 1. The predicted octanol–water partition coefficient (Wildman–Crippen LogP) is 3.87. The van der Waals surface area contributed by atoms with Gasteiger partial charge >= 0.3 is 6.09 Å². The van der Waals surface area contributed by atoms with Gasteiger partial charge in [0.2, 0.25) is 0 Å². The van der Waals surface area contributed by atoms with Crippen LogP contribution in [0.25, 0.3) is 0 Å². The van der Waals surface area contributed by atoms with Crippen molar-refractivity contribution in [1.82, 2.24) is 5.32 Å². The van der Waals surface area contributed by atoms with E-state index in [0.29, 0.717) is 12.6 Å². The lowest BCUT2D eigenvalue weighted by molar-refractivity contribution is 0.0583. The summed E-state index contributed by atoms with van der Waals surface area (Å²) in [7, 11) is 0. The Kier molecular flexibility index (Phi) is 4.37. The molecule has 1 amide bonds. The molecular formula is C19H28N2O2. The van der Waals surface area contributed by atoms with Gasteiger partial charge in [0, 0.05) is 19.1 Å². The minimum absolute atomic E-state index is 0.235. The molecule has 0 aromatic heterocycles. The standard InChI is InChI=1S/C19H28N2O2/c1-13-10-16(11-13)20-12-15-7-5-6-14-8-9-21(17(14)15)18(22)23-19(2,3)4/h5-7,13,16,20H,8-12H2,1-4H3. The van der Waals surface area contributed by atoms with Gasteiger partial charge in [-0.1, -0.05) is 25.1 Å². The Labute approximate surface area is 139 Å². The first-order valence-electron chi connectivity index (χ1n) is 8.68. The van der Waals surface area contributed by atoms with Gasteiger partial charge in [0.25, 0.3) is 0 Å². The van der Waals surface area contributed by atoms with Crippen molar-refractivity contribution >= 4 is 11.8 Å². The molecule has 0 unspecified atom stereocenters. The van der Waals surface area contributed by atoms with E-state index in [-0.39, 0.29) is 6.09 Å². The highest BCUT2D eigenvalue weighted by molar-refractivity contribution is 5.91. The van der Waals surface area contributed by atoms with Gasteiger partial charge in [-0.25, -0.2) is 4.79 Å². The second-order valence-corrected chi connectivity index (χ2v) is 7.96. The van der Waals surface area contributed by atoms with E-state index in [4.69, 9.17) is 4.74 Å². The van der Waals surface area contributed by atoms with Crippen LogP contribution in [0.5, 0.6) is 0 Å². The molecule has 1 heterocycles. The van der Waals surface area contributed by atoms with Crippen LogP contribution in [0.15, 0.2) is 18.2 Å². The van der Waals surface area contributed by atoms with Crippen molar-refractivity contribution in [2.45, 2.75) is 65.1 Å². The summed E-state index contributed by atoms with van der Waals surface area (Å²) in [6.45, 7) is 9.55. The fraction of sp³-hybridized carbons (Fsp3) is 0.632. The van der Waals surface area contributed by atoms with Crippen LogP contribution in [0.4, 0.5) is 10.5 Å². The van der Waals surface area contributed by atoms with Gasteiger partial charge < -0.3 is 10.1 Å². The number of anilines is 1. The molecule has 0 spiro atoms. The molecule has 0 saturated heterocycles. The second-order valence-electron chi connectivity index (χ2n) is 7.96. The number of hydrogen-bond acceptors (Lipinski definition) is 3. The third-order valence-electron chi connectivity index (χ3n) is 4.65. The first kappa shape index (κ1) is 16.3. The molecule has 23 heavy (non-hydrogen) atoms. The monoisotopic (exact) mass is 316 g/mol. The highest BCUT2D eigenvalue weighted by Crippen LogP contribution is 2.34. The minimum atomic E-state index is -0.463. The van der Waals surface area contributed by atoms with Crippen molar-refractivity contribution in [2.24, 2.45) is 5.92 Å². The van der Waals surface area contributed by atoms with Crippen molar-refractivity contribution in [2.75, 3.05) is 11.4 Å². The molecule has 2 aliphatic rings. The Balaban J connectivity index is 1.73. The third-order valence-corrected chi connectivity index (χ3v) is 4.65. The lowest BCUT2D eigenvalue weighted by Gasteiger charge is -2.34. The quantitative estimate of drug-likeness (QED) is 0.920. The van der Waals surface area contributed by atoms with Crippen LogP contribution in [0.1, 0.15) is 51.7 Å². The fourth-order valence-corrected chi connectivity index (χ4v) is 3.50. The summed E-state index contributed by atoms with van der Waals surface area (Å²) in [5, 5.41) is 3.62. The van der Waals surface area contributed by atoms with Crippen molar-refractivity contribution in [3.8, 4) is 0 Å². The van der Waals surface area contributed by atoms with E-state index in [9.17, 15) is 4.79 Å². The largest absolute Gasteiger partial charge is 0.443 e. The van der Waals surface area contributed by atoms with Gasteiger partial charge in [-0.2, -0.15) is 0 Å². The van der Waals surface area contributed by atoms with Crippen molar-refractivity contribution in [3.05, 3.63) is 29.3 Å². The first-order chi connectivity index (χ1) is 10.8. The molecule has 0 radical (unpaired) electrons. The number of rotatable bonds is 3. The Bertz CT molecular complexity index is 586. The molecular weight excluding hydrogens is 288 g/mol. The molecule has 4 nitrogen and oxygen atoms in total. The maximum Gasteiger partial charge on any atom is 0.414 e. The number of amides is 1. The maximum atomic E-state index is 12.5. The smallest absolute Gasteiger partial charge is 0.414 e. The number of ether oxygens (including phenoxy) is 1. The SMILES string of the molecule is CC1CC(NCc2cccc3c2N(C(=O)OC(C)(C)C)CC3)C1. The van der Waals surface area contributed by atoms with E-state index in [1.165, 1.54) is 24.0 Å². The van der Waals surface area contributed by atoms with E-state index in [1.54, 1.807) is 4.90 Å². The third kappa shape index (κ3) is 3.69. The van der Waals surface area contributed by atoms with Crippen molar-refractivity contribution < 1.29 is 9.53 Å². The molecule has 1 aromatic rings. The minimum Gasteiger partial charge on any atom is -0.443 e. The Morgan fingerprint density at radius 3 is 2.74 bits per heavy atom. The van der Waals surface area contributed by atoms with Gasteiger partial charge in [-0.15, -0.1) is 0 Å². The van der Waals surface area contributed by atoms with Crippen LogP contribution >= 0.6 is 0 Å². The number of hydrogen-bond donors (Lipinski definition) is 1. The summed E-state index contributed by atoms with van der Waals surface area (Å²) < 4.78 is 5.57. The summed E-state index contributed by atoms with van der Waals surface area (Å²) >= 11 is 0. The number of fused-ring (bicyclic) bond motifs is 1. The highest BCUT2D eigenvalue weighted by Gasteiger charge is 2.31. The highest BCUT2D eigenvalue weighted by atomic mass is 16.6. The van der Waals surface area contributed by atoms with Crippen molar-refractivity contribution in [1.29, 1.82) is 0 Å². The van der Waals surface area contributed by atoms with Crippen LogP contribution in [-0.4, -0.2) is 24.3 Å². The normalized spacial score (nSPS) is 23.4. The van der Waals surface area contributed by atoms with E-state index < -0.39 is 5.60 Å². The Hall–Kier alpha value is -1.55. The number of benzene rings is 1. The Morgan fingerprint density at radius 2 is 2.09 bits per heavy atom. The molecule has 1 aliphatic heterocycles. The molecule has 4 heteroatoms. The van der Waals surface area contributed by atoms with Crippen LogP contribution in [0, 0.1) is 5.92 Å². The topological polar surface area (TPSA) is 41.6 Å². The van der Waals surface area contributed by atoms with Crippen LogP contribution in [0.3, 0.4) is 0 Å². The Morgan fingerprint density at radius 1 is 1.35 bits per heavy atom. The van der Waals surface area contributed by atoms with E-state index in [1.807, 2.05) is 20.8 Å². The van der Waals surface area contributed by atoms with Gasteiger partial charge in [0.15, 0.2) is 0 Å². The van der Waals surface area contributed by atoms with Crippen LogP contribution in [0.2, 0.25) is 0 Å². The van der Waals surface area contributed by atoms with Crippen molar-refractivity contribution in [3.63, 3.8) is 0 Å². The predicted molar refractivity (Wildman–Crippen MR) is 92.8 cm³/mol. The number of nitrogens with zero attached hydrogens (tertiary/aromatic N) is 1. The van der Waals surface area contributed by atoms with Gasteiger partial charge in [-0.3, -0.25) is 4.90 Å². The number of nitrogens with one attached hydrogen (secondary N) is 1. The van der Waals surface area contributed by atoms with Crippen LogP contribution in [-0.2, 0) is 17.7 Å². The number of carbonyl (C=O) groups excluding carboxylic acids is 1. The summed E-state index contributed by atoms with van der Waals surface area (Å²) in [6, 6.07) is 6.96. The molecule has 0 atom stereocenters. The summed E-state index contributed by atoms with van der Waals surface area (Å²) in [5.74, 6) is 0.840. The van der Waals surface area contributed by atoms with Gasteiger partial charge in [-0.05, 0) is 57.1 Å². The summed E-state index contributed by atoms with van der Waals surface area (Å²) in [5.41, 5.74) is 3.04. The van der Waals surface area contributed by atoms with E-state index in [0.717, 1.165) is 24.6 Å². The summed E-state index contributed by atoms with van der Waals surface area (Å²) in [6.07, 6.45) is 3.18. The molecule has 1 fully saturated rings. The summed E-state index contributed by atoms with van der Waals surface area (Å²) in [4.78, 5) is 14.3. The molecule has 126 valence electrons. The fourth-order valence-electron chi connectivity index (χ4n) is 3.50. The van der Waals surface area contributed by atoms with Crippen LogP contribution < -0.4 is 10.2 Å². The first-order valence-corrected chi connectivity index (χ1v) is 8.68. The van der Waals surface area contributed by atoms with Gasteiger partial charge in [0.1, 0.15) is 5.60 Å². The molecule has 1 N–H and O–H groups in total. The molecule has 3 rings (SSSR count). The molecule has 1 saturated carbocycles. The lowest BCUT2D eigenvalue weighted by atomic mass is 9.82. The van der Waals surface area contributed by atoms with E-state index in [2.05, 4.69) is 30.4 Å². The average Bonchev–Trinajstić information content (AvgIpc) is 2.85. The maximum absolute atomic E-state index is 12.5. The molecule has 0 bridgehead atoms. The molecule has 1 aromatic carbocycles. The average molecular weight is 316 g/mol. The molecule has 1 aliphatic carbocycles. The number of para-hydroxylation sites is 1. The lowest BCUT2D eigenvalue weighted by Crippen LogP contribution is -2.40. The van der Waals surface area contributed by atoms with Gasteiger partial charge in [0.05, 0.1) is 5.69 Å².